The lowest BCUT2D eigenvalue weighted by atomic mass is 9.69. The number of hydrogen-bond acceptors (Lipinski definition) is 9. The third-order valence-electron chi connectivity index (χ3n) is 10.6. The van der Waals surface area contributed by atoms with Gasteiger partial charge in [-0.2, -0.15) is 0 Å². The molecule has 1 heterocycles. The smallest absolute Gasteiger partial charge is 0.181 e. The summed E-state index contributed by atoms with van der Waals surface area (Å²) in [5.41, 5.74) is -1.35. The van der Waals surface area contributed by atoms with Crippen LogP contribution in [0.25, 0.3) is 87.6 Å². The lowest BCUT2D eigenvalue weighted by Gasteiger charge is -2.23. The van der Waals surface area contributed by atoms with Crippen LogP contribution in [0.15, 0.2) is 83.3 Å². The standard InChI is InChI=1S/C42H21B5O9/c43-28-22(23-27-33(48)24-26(34(49)32(47)30(45)29(24)44)39(54)42(27)56-41(23)40(55)31(28)46)20-15-10-4-6-12-17(15)21(18-13-7-5-11-16(18)20)25-37(52)35(50)19(36(51)38(25)53)14-8-2-1-3-9-14/h1-13,48-55H. The molecule has 9 nitrogen and oxygen atoms in total. The molecule has 0 amide bonds. The van der Waals surface area contributed by atoms with Crippen molar-refractivity contribution in [2.45, 2.75) is 0 Å². The average Bonchev–Trinajstić information content (AvgIpc) is 3.61. The summed E-state index contributed by atoms with van der Waals surface area (Å²) in [6, 6.07) is 21.9. The van der Waals surface area contributed by atoms with Gasteiger partial charge in [-0.1, -0.05) is 101 Å². The highest BCUT2D eigenvalue weighted by atomic mass is 16.4. The van der Waals surface area contributed by atoms with Crippen LogP contribution < -0.4 is 27.3 Å². The second-order valence-corrected chi connectivity index (χ2v) is 13.4. The van der Waals surface area contributed by atoms with Crippen molar-refractivity contribution < 1.29 is 45.3 Å². The van der Waals surface area contributed by atoms with Crippen LogP contribution >= 0.6 is 0 Å². The van der Waals surface area contributed by atoms with Crippen molar-refractivity contribution in [1.29, 1.82) is 0 Å². The van der Waals surface area contributed by atoms with Crippen molar-refractivity contribution in [3.63, 3.8) is 0 Å². The first kappa shape index (κ1) is 34.8. The van der Waals surface area contributed by atoms with Crippen molar-refractivity contribution in [3.05, 3.63) is 78.9 Å². The van der Waals surface area contributed by atoms with E-state index in [1.807, 2.05) is 0 Å². The van der Waals surface area contributed by atoms with Crippen molar-refractivity contribution >= 4 is 121 Å². The summed E-state index contributed by atoms with van der Waals surface area (Å²) in [5, 5.41) is 92.9. The van der Waals surface area contributed by atoms with E-state index in [1.165, 1.54) is 0 Å². The maximum atomic E-state index is 12.0. The quantitative estimate of drug-likeness (QED) is 0.0586. The van der Waals surface area contributed by atoms with Crippen LogP contribution in [-0.4, -0.2) is 80.1 Å². The van der Waals surface area contributed by atoms with E-state index in [4.69, 9.17) is 43.6 Å². The van der Waals surface area contributed by atoms with E-state index in [1.54, 1.807) is 78.9 Å². The topological polar surface area (TPSA) is 175 Å². The Morgan fingerprint density at radius 3 is 1.29 bits per heavy atom. The Hall–Kier alpha value is -6.94. The fraction of sp³-hybridized carbons (Fsp3) is 0. The normalized spacial score (nSPS) is 11.8. The maximum Gasteiger partial charge on any atom is 0.181 e. The summed E-state index contributed by atoms with van der Waals surface area (Å²) >= 11 is 0. The van der Waals surface area contributed by atoms with Crippen LogP contribution in [0.3, 0.4) is 0 Å². The zero-order chi connectivity index (χ0) is 39.6. The maximum absolute atomic E-state index is 12.0. The number of benzene rings is 8. The molecule has 0 fully saturated rings. The minimum absolute atomic E-state index is 0.00978. The van der Waals surface area contributed by atoms with Gasteiger partial charge in [-0.05, 0) is 38.2 Å². The number of rotatable bonds is 3. The van der Waals surface area contributed by atoms with Gasteiger partial charge in [0.05, 0.1) is 21.9 Å². The van der Waals surface area contributed by atoms with Gasteiger partial charge in [-0.15, -0.1) is 5.46 Å². The Morgan fingerprint density at radius 2 is 0.750 bits per heavy atom. The minimum atomic E-state index is -0.702. The van der Waals surface area contributed by atoms with Crippen LogP contribution in [0.4, 0.5) is 0 Å². The molecule has 56 heavy (non-hydrogen) atoms. The predicted molar refractivity (Wildman–Crippen MR) is 223 cm³/mol. The fourth-order valence-corrected chi connectivity index (χ4v) is 8.00. The van der Waals surface area contributed by atoms with Gasteiger partial charge in [0.2, 0.25) is 0 Å². The van der Waals surface area contributed by atoms with Gasteiger partial charge < -0.3 is 45.3 Å². The second kappa shape index (κ2) is 12.0. The average molecular weight is 724 g/mol. The fourth-order valence-electron chi connectivity index (χ4n) is 8.00. The van der Waals surface area contributed by atoms with Crippen LogP contribution in [0.1, 0.15) is 0 Å². The predicted octanol–water partition coefficient (Wildman–Crippen LogP) is 3.66. The first-order chi connectivity index (χ1) is 26.8. The Labute approximate surface area is 323 Å². The summed E-state index contributed by atoms with van der Waals surface area (Å²) in [4.78, 5) is 0. The second-order valence-electron chi connectivity index (χ2n) is 13.4. The van der Waals surface area contributed by atoms with Gasteiger partial charge in [0, 0.05) is 16.3 Å². The molecule has 0 atom stereocenters. The van der Waals surface area contributed by atoms with Gasteiger partial charge in [0.1, 0.15) is 50.7 Å². The molecule has 8 aromatic carbocycles. The first-order valence-electron chi connectivity index (χ1n) is 17.0. The molecule has 258 valence electrons. The number of aromatic hydroxyl groups is 8. The molecule has 9 rings (SSSR count). The van der Waals surface area contributed by atoms with Crippen LogP contribution in [0.2, 0.25) is 0 Å². The Bertz CT molecular complexity index is 3150. The third-order valence-corrected chi connectivity index (χ3v) is 10.6. The van der Waals surface area contributed by atoms with Crippen molar-refractivity contribution in [3.8, 4) is 79.4 Å². The van der Waals surface area contributed by atoms with Crippen molar-refractivity contribution in [2.75, 3.05) is 0 Å². The highest BCUT2D eigenvalue weighted by molar-refractivity contribution is 6.62. The molecular formula is C42H21B5O9. The molecule has 0 spiro atoms. The van der Waals surface area contributed by atoms with Gasteiger partial charge in [0.15, 0.2) is 45.7 Å². The van der Waals surface area contributed by atoms with Crippen LogP contribution in [0, 0.1) is 0 Å². The molecular weight excluding hydrogens is 703 g/mol. The molecule has 14 heteroatoms. The molecule has 0 saturated carbocycles. The van der Waals surface area contributed by atoms with E-state index >= 15 is 0 Å². The summed E-state index contributed by atoms with van der Waals surface area (Å²) in [7, 11) is 31.6. The van der Waals surface area contributed by atoms with E-state index in [-0.39, 0.29) is 82.3 Å². The largest absolute Gasteiger partial charge is 0.508 e. The lowest BCUT2D eigenvalue weighted by molar-refractivity contribution is 0.378. The van der Waals surface area contributed by atoms with Crippen LogP contribution in [-0.2, 0) is 0 Å². The van der Waals surface area contributed by atoms with E-state index < -0.39 is 46.0 Å². The summed E-state index contributed by atoms with van der Waals surface area (Å²) in [6.45, 7) is 0. The highest BCUT2D eigenvalue weighted by Crippen LogP contribution is 2.58. The zero-order valence-corrected chi connectivity index (χ0v) is 28.9. The van der Waals surface area contributed by atoms with E-state index in [9.17, 15) is 40.9 Å². The van der Waals surface area contributed by atoms with E-state index in [2.05, 4.69) is 0 Å². The van der Waals surface area contributed by atoms with Gasteiger partial charge in [-0.25, -0.2) is 0 Å². The number of phenolic OH excluding ortho intramolecular Hbond substituents is 8. The molecule has 1 aromatic heterocycles. The van der Waals surface area contributed by atoms with Crippen molar-refractivity contribution in [1.82, 2.24) is 0 Å². The summed E-state index contributed by atoms with van der Waals surface area (Å²) in [6.07, 6.45) is 0. The molecule has 8 N–H and O–H groups in total. The molecule has 9 aromatic rings. The first-order valence-corrected chi connectivity index (χ1v) is 17.0. The molecule has 0 aliphatic heterocycles. The SMILES string of the molecule is [B]c1c([B])c(-c2c3ccccc3c(-c3c(O)c(O)c(-c4ccccc4)c(O)c3O)c3ccccc23)c2c(oc3c(O)c4c(O)c([B])c([B])c([B])c4c(O)c32)c1O. The Kier molecular flexibility index (Phi) is 7.48. The lowest BCUT2D eigenvalue weighted by Crippen LogP contribution is -2.39. The van der Waals surface area contributed by atoms with Crippen molar-refractivity contribution in [2.24, 2.45) is 0 Å². The number of furan rings is 1. The molecule has 0 bridgehead atoms. The monoisotopic (exact) mass is 724 g/mol. The molecule has 10 radical (unpaired) electrons. The molecule has 0 saturated heterocycles. The van der Waals surface area contributed by atoms with Crippen LogP contribution in [0.5, 0.6) is 46.0 Å². The van der Waals surface area contributed by atoms with Gasteiger partial charge >= 0.3 is 0 Å². The van der Waals surface area contributed by atoms with E-state index in [0.29, 0.717) is 32.7 Å². The highest BCUT2D eigenvalue weighted by Gasteiger charge is 2.32. The zero-order valence-electron chi connectivity index (χ0n) is 28.9. The molecule has 0 unspecified atom stereocenters. The molecule has 0 aliphatic rings. The summed E-state index contributed by atoms with van der Waals surface area (Å²) in [5.74, 6) is -5.30. The Morgan fingerprint density at radius 1 is 0.304 bits per heavy atom. The minimum Gasteiger partial charge on any atom is -0.508 e. The summed E-state index contributed by atoms with van der Waals surface area (Å²) < 4.78 is 6.05. The number of fused-ring (bicyclic) bond motifs is 6. The Balaban J connectivity index is 1.49. The number of hydrogen-bond donors (Lipinski definition) is 8. The van der Waals surface area contributed by atoms with Gasteiger partial charge in [-0.3, -0.25) is 0 Å². The number of phenols is 8. The molecule has 0 aliphatic carbocycles. The van der Waals surface area contributed by atoms with Gasteiger partial charge in [0.25, 0.3) is 0 Å². The van der Waals surface area contributed by atoms with E-state index in [0.717, 1.165) is 0 Å². The third kappa shape index (κ3) is 4.38.